The van der Waals surface area contributed by atoms with Crippen molar-refractivity contribution in [2.45, 2.75) is 71.5 Å². The van der Waals surface area contributed by atoms with Gasteiger partial charge in [0.1, 0.15) is 0 Å². The Balaban J connectivity index is 3.59. The summed E-state index contributed by atoms with van der Waals surface area (Å²) in [6.45, 7) is 14.9. The van der Waals surface area contributed by atoms with Crippen LogP contribution in [0, 0.1) is 5.92 Å². The summed E-state index contributed by atoms with van der Waals surface area (Å²) < 4.78 is 7.45. The van der Waals surface area contributed by atoms with Gasteiger partial charge in [-0.1, -0.05) is 63.1 Å². The Morgan fingerprint density at radius 3 is 2.18 bits per heavy atom. The molecule has 1 atom stereocenters. The van der Waals surface area contributed by atoms with E-state index in [9.17, 15) is 0 Å². The van der Waals surface area contributed by atoms with Crippen molar-refractivity contribution in [1.82, 2.24) is 0 Å². The smallest absolute Gasteiger partial charge is 0.191 e. The van der Waals surface area contributed by atoms with Gasteiger partial charge in [0.2, 0.25) is 0 Å². The predicted octanol–water partition coefficient (Wildman–Crippen LogP) is 5.64. The van der Waals surface area contributed by atoms with Gasteiger partial charge in [-0.3, -0.25) is 0 Å². The molecule has 1 nitrogen and oxygen atoms in total. The summed E-state index contributed by atoms with van der Waals surface area (Å²) in [6.07, 6.45) is 5.31. The van der Waals surface area contributed by atoms with Crippen molar-refractivity contribution < 1.29 is 4.43 Å². The Bertz CT molecular complexity index is 199. The van der Waals surface area contributed by atoms with Crippen LogP contribution in [0.4, 0.5) is 0 Å². The molecule has 0 saturated heterocycles. The largest absolute Gasteiger partial charge is 0.417 e. The monoisotopic (exact) mass is 370 g/mol. The standard InChI is InChI=1S/C14H31IOSi/c1-13(12-15)10-8-7-9-11-16-17(5,6)14(2,3)4/h13H,7-12H2,1-6H3/t13-/m1/s1. The van der Waals surface area contributed by atoms with Crippen LogP contribution in [0.2, 0.25) is 18.1 Å². The molecular formula is C14H31IOSi. The molecule has 0 N–H and O–H groups in total. The molecule has 0 heterocycles. The molecule has 0 saturated carbocycles. The van der Waals surface area contributed by atoms with Crippen LogP contribution in [0.3, 0.4) is 0 Å². The molecule has 0 spiro atoms. The highest BCUT2D eigenvalue weighted by Crippen LogP contribution is 2.36. The van der Waals surface area contributed by atoms with E-state index in [-0.39, 0.29) is 0 Å². The highest BCUT2D eigenvalue weighted by molar-refractivity contribution is 14.1. The maximum absolute atomic E-state index is 6.16. The molecule has 0 amide bonds. The van der Waals surface area contributed by atoms with Gasteiger partial charge in [0, 0.05) is 11.0 Å². The van der Waals surface area contributed by atoms with Crippen LogP contribution in [0.5, 0.6) is 0 Å². The van der Waals surface area contributed by atoms with E-state index in [4.69, 9.17) is 4.43 Å². The first-order valence-corrected chi connectivity index (χ1v) is 11.3. The third-order valence-corrected chi connectivity index (χ3v) is 9.92. The lowest BCUT2D eigenvalue weighted by molar-refractivity contribution is 0.276. The molecule has 0 bridgehead atoms. The van der Waals surface area contributed by atoms with E-state index in [1.807, 2.05) is 0 Å². The Kier molecular flexibility index (Phi) is 8.59. The van der Waals surface area contributed by atoms with Crippen molar-refractivity contribution >= 4 is 30.9 Å². The minimum Gasteiger partial charge on any atom is -0.417 e. The van der Waals surface area contributed by atoms with Crippen LogP contribution in [-0.4, -0.2) is 19.4 Å². The lowest BCUT2D eigenvalue weighted by Gasteiger charge is -2.36. The highest BCUT2D eigenvalue weighted by atomic mass is 127. The zero-order valence-electron chi connectivity index (χ0n) is 12.6. The van der Waals surface area contributed by atoms with Crippen molar-refractivity contribution in [2.24, 2.45) is 5.92 Å². The van der Waals surface area contributed by atoms with Crippen molar-refractivity contribution in [3.63, 3.8) is 0 Å². The van der Waals surface area contributed by atoms with Crippen molar-refractivity contribution in [2.75, 3.05) is 11.0 Å². The maximum Gasteiger partial charge on any atom is 0.191 e. The average molecular weight is 370 g/mol. The van der Waals surface area contributed by atoms with Gasteiger partial charge in [-0.15, -0.1) is 0 Å². The third kappa shape index (κ3) is 7.83. The van der Waals surface area contributed by atoms with Crippen LogP contribution in [0.25, 0.3) is 0 Å². The predicted molar refractivity (Wildman–Crippen MR) is 89.7 cm³/mol. The van der Waals surface area contributed by atoms with Gasteiger partial charge in [0.05, 0.1) is 0 Å². The summed E-state index contributed by atoms with van der Waals surface area (Å²) in [5.41, 5.74) is 0. The summed E-state index contributed by atoms with van der Waals surface area (Å²) in [5, 5.41) is 0.350. The number of hydrogen-bond acceptors (Lipinski definition) is 1. The van der Waals surface area contributed by atoms with E-state index in [2.05, 4.69) is 63.4 Å². The molecule has 0 radical (unpaired) electrons. The van der Waals surface area contributed by atoms with E-state index in [0.717, 1.165) is 12.5 Å². The van der Waals surface area contributed by atoms with Crippen molar-refractivity contribution in [1.29, 1.82) is 0 Å². The summed E-state index contributed by atoms with van der Waals surface area (Å²) >= 11 is 2.48. The minimum atomic E-state index is -1.49. The lowest BCUT2D eigenvalue weighted by Crippen LogP contribution is -2.40. The van der Waals surface area contributed by atoms with E-state index in [1.54, 1.807) is 0 Å². The van der Waals surface area contributed by atoms with E-state index in [0.29, 0.717) is 5.04 Å². The topological polar surface area (TPSA) is 9.23 Å². The minimum absolute atomic E-state index is 0.350. The molecule has 3 heteroatoms. The van der Waals surface area contributed by atoms with E-state index >= 15 is 0 Å². The SMILES string of the molecule is C[C@@H](CI)CCCCCO[Si](C)(C)C(C)(C)C. The second-order valence-electron chi connectivity index (χ2n) is 6.72. The molecule has 0 unspecified atom stereocenters. The maximum atomic E-state index is 6.16. The van der Waals surface area contributed by atoms with E-state index in [1.165, 1.54) is 30.1 Å². The number of unbranched alkanes of at least 4 members (excludes halogenated alkanes) is 2. The molecule has 0 aromatic heterocycles. The zero-order valence-corrected chi connectivity index (χ0v) is 15.8. The molecule has 0 aromatic carbocycles. The summed E-state index contributed by atoms with van der Waals surface area (Å²) in [4.78, 5) is 0. The van der Waals surface area contributed by atoms with Gasteiger partial charge in [-0.25, -0.2) is 0 Å². The first-order valence-electron chi connectivity index (χ1n) is 6.90. The summed E-state index contributed by atoms with van der Waals surface area (Å²) in [7, 11) is -1.49. The second-order valence-corrected chi connectivity index (χ2v) is 12.4. The Labute approximate surface area is 123 Å². The normalized spacial score (nSPS) is 15.0. The highest BCUT2D eigenvalue weighted by Gasteiger charge is 2.36. The fourth-order valence-electron chi connectivity index (χ4n) is 1.39. The van der Waals surface area contributed by atoms with Crippen molar-refractivity contribution in [3.8, 4) is 0 Å². The van der Waals surface area contributed by atoms with Gasteiger partial charge in [-0.2, -0.15) is 0 Å². The quantitative estimate of drug-likeness (QED) is 0.233. The Morgan fingerprint density at radius 1 is 1.12 bits per heavy atom. The van der Waals surface area contributed by atoms with Gasteiger partial charge in [0.25, 0.3) is 0 Å². The van der Waals surface area contributed by atoms with Gasteiger partial charge >= 0.3 is 0 Å². The van der Waals surface area contributed by atoms with Gasteiger partial charge in [0.15, 0.2) is 8.32 Å². The van der Waals surface area contributed by atoms with Gasteiger partial charge < -0.3 is 4.43 Å². The number of halogens is 1. The fourth-order valence-corrected chi connectivity index (χ4v) is 2.92. The molecule has 0 aromatic rings. The molecule has 104 valence electrons. The van der Waals surface area contributed by atoms with Gasteiger partial charge in [-0.05, 0) is 36.9 Å². The molecule has 0 aliphatic rings. The lowest BCUT2D eigenvalue weighted by atomic mass is 10.1. The summed E-state index contributed by atoms with van der Waals surface area (Å²) in [5.74, 6) is 0.886. The summed E-state index contributed by atoms with van der Waals surface area (Å²) in [6, 6.07) is 0. The van der Waals surface area contributed by atoms with Crippen molar-refractivity contribution in [3.05, 3.63) is 0 Å². The molecule has 0 rings (SSSR count). The number of hydrogen-bond donors (Lipinski definition) is 0. The molecule has 0 fully saturated rings. The van der Waals surface area contributed by atoms with Crippen LogP contribution in [0.15, 0.2) is 0 Å². The first kappa shape index (κ1) is 17.9. The first-order chi connectivity index (χ1) is 7.70. The molecule has 0 aliphatic heterocycles. The fraction of sp³-hybridized carbons (Fsp3) is 1.00. The average Bonchev–Trinajstić information content (AvgIpc) is 2.21. The Morgan fingerprint density at radius 2 is 1.71 bits per heavy atom. The van der Waals surface area contributed by atoms with Crippen LogP contribution >= 0.6 is 22.6 Å². The molecular weight excluding hydrogens is 339 g/mol. The van der Waals surface area contributed by atoms with Crippen LogP contribution < -0.4 is 0 Å². The molecule has 0 aliphatic carbocycles. The third-order valence-electron chi connectivity index (χ3n) is 3.87. The second kappa shape index (κ2) is 8.15. The van der Waals surface area contributed by atoms with Crippen LogP contribution in [-0.2, 0) is 4.43 Å². The number of alkyl halides is 1. The number of rotatable bonds is 8. The zero-order chi connectivity index (χ0) is 13.5. The van der Waals surface area contributed by atoms with E-state index < -0.39 is 8.32 Å². The molecule has 17 heavy (non-hydrogen) atoms. The Hall–Kier alpha value is 0.907. The van der Waals surface area contributed by atoms with Crippen LogP contribution in [0.1, 0.15) is 53.4 Å².